The Labute approximate surface area is 173 Å². The number of carbonyl (C=O) groups excluding carboxylic acids is 1. The number of aromatic nitrogens is 3. The molecule has 2 aromatic heterocycles. The number of H-pyrrole nitrogens is 2. The SMILES string of the molecule is Nc1ncc(-c2cccc(NC(=O)c3cc4cc(OC(F)(F)F)ccc4[nH]3)c2)[nH]1.[Cl-]. The third kappa shape index (κ3) is 4.66. The lowest BCUT2D eigenvalue weighted by molar-refractivity contribution is -0.274. The van der Waals surface area contributed by atoms with Crippen molar-refractivity contribution in [2.45, 2.75) is 6.36 Å². The van der Waals surface area contributed by atoms with Crippen molar-refractivity contribution in [2.75, 3.05) is 11.1 Å². The quantitative estimate of drug-likeness (QED) is 0.386. The van der Waals surface area contributed by atoms with Gasteiger partial charge in [0.1, 0.15) is 11.4 Å². The molecule has 156 valence electrons. The maximum atomic E-state index is 12.6. The van der Waals surface area contributed by atoms with Gasteiger partial charge in [-0.2, -0.15) is 0 Å². The average Bonchev–Trinajstić information content (AvgIpc) is 3.26. The Morgan fingerprint density at radius 3 is 2.60 bits per heavy atom. The average molecular weight is 437 g/mol. The van der Waals surface area contributed by atoms with Gasteiger partial charge in [-0.1, -0.05) is 12.1 Å². The number of nitrogens with one attached hydrogen (secondary N) is 3. The van der Waals surface area contributed by atoms with Gasteiger partial charge in [-0.15, -0.1) is 13.2 Å². The first-order valence-corrected chi connectivity index (χ1v) is 8.38. The Kier molecular flexibility index (Phi) is 5.61. The van der Waals surface area contributed by atoms with Gasteiger partial charge < -0.3 is 38.2 Å². The molecular formula is C19H14ClF3N5O2-. The summed E-state index contributed by atoms with van der Waals surface area (Å²) < 4.78 is 41.0. The Balaban J connectivity index is 0.00000256. The number of hydrogen-bond donors (Lipinski definition) is 4. The van der Waals surface area contributed by atoms with Crippen molar-refractivity contribution >= 4 is 28.4 Å². The minimum Gasteiger partial charge on any atom is -1.00 e. The van der Waals surface area contributed by atoms with Gasteiger partial charge in [-0.25, -0.2) is 4.98 Å². The number of hydrogen-bond acceptors (Lipinski definition) is 4. The predicted octanol–water partition coefficient (Wildman–Crippen LogP) is 1.30. The molecule has 2 aromatic carbocycles. The molecule has 4 aromatic rings. The van der Waals surface area contributed by atoms with Crippen LogP contribution in [0.2, 0.25) is 0 Å². The summed E-state index contributed by atoms with van der Waals surface area (Å²) in [6, 6.07) is 12.3. The lowest BCUT2D eigenvalue weighted by atomic mass is 10.1. The van der Waals surface area contributed by atoms with Crippen molar-refractivity contribution < 1.29 is 35.1 Å². The van der Waals surface area contributed by atoms with Crippen LogP contribution in [0.4, 0.5) is 24.8 Å². The van der Waals surface area contributed by atoms with Crippen molar-refractivity contribution in [3.8, 4) is 17.0 Å². The molecule has 0 bridgehead atoms. The number of nitrogen functional groups attached to an aromatic ring is 1. The number of alkyl halides is 3. The van der Waals surface area contributed by atoms with Crippen LogP contribution in [0.5, 0.6) is 5.75 Å². The highest BCUT2D eigenvalue weighted by Gasteiger charge is 2.31. The van der Waals surface area contributed by atoms with Gasteiger partial charge in [0, 0.05) is 22.2 Å². The molecule has 5 N–H and O–H groups in total. The summed E-state index contributed by atoms with van der Waals surface area (Å²) in [5, 5.41) is 3.16. The zero-order valence-corrected chi connectivity index (χ0v) is 15.8. The second-order valence-corrected chi connectivity index (χ2v) is 6.20. The molecule has 11 heteroatoms. The summed E-state index contributed by atoms with van der Waals surface area (Å²) in [4.78, 5) is 22.3. The van der Waals surface area contributed by atoms with Crippen LogP contribution in [0.15, 0.2) is 54.7 Å². The van der Waals surface area contributed by atoms with E-state index in [2.05, 4.69) is 25.0 Å². The number of ether oxygens (including phenoxy) is 1. The van der Waals surface area contributed by atoms with Crippen LogP contribution in [0.3, 0.4) is 0 Å². The van der Waals surface area contributed by atoms with E-state index in [4.69, 9.17) is 5.73 Å². The van der Waals surface area contributed by atoms with E-state index in [1.54, 1.807) is 24.4 Å². The van der Waals surface area contributed by atoms with E-state index >= 15 is 0 Å². The van der Waals surface area contributed by atoms with E-state index < -0.39 is 12.3 Å². The summed E-state index contributed by atoms with van der Waals surface area (Å²) in [7, 11) is 0. The topological polar surface area (TPSA) is 109 Å². The van der Waals surface area contributed by atoms with Crippen LogP contribution < -0.4 is 28.2 Å². The molecule has 4 rings (SSSR count). The third-order valence-corrected chi connectivity index (χ3v) is 4.10. The number of aromatic amines is 2. The molecular weight excluding hydrogens is 423 g/mol. The van der Waals surface area contributed by atoms with Crippen molar-refractivity contribution in [1.29, 1.82) is 0 Å². The molecule has 0 unspecified atom stereocenters. The minimum atomic E-state index is -4.78. The molecule has 7 nitrogen and oxygen atoms in total. The third-order valence-electron chi connectivity index (χ3n) is 4.10. The number of benzene rings is 2. The van der Waals surface area contributed by atoms with Crippen molar-refractivity contribution in [3.05, 3.63) is 60.4 Å². The summed E-state index contributed by atoms with van der Waals surface area (Å²) in [6.45, 7) is 0. The molecule has 0 aliphatic heterocycles. The fourth-order valence-electron chi connectivity index (χ4n) is 2.88. The second-order valence-electron chi connectivity index (χ2n) is 6.20. The Morgan fingerprint density at radius 2 is 1.90 bits per heavy atom. The molecule has 0 atom stereocenters. The number of fused-ring (bicyclic) bond motifs is 1. The highest BCUT2D eigenvalue weighted by molar-refractivity contribution is 6.06. The van der Waals surface area contributed by atoms with E-state index in [-0.39, 0.29) is 29.8 Å². The van der Waals surface area contributed by atoms with Crippen LogP contribution in [0.1, 0.15) is 10.5 Å². The summed E-state index contributed by atoms with van der Waals surface area (Å²) in [5.74, 6) is -0.523. The first-order chi connectivity index (χ1) is 13.8. The second kappa shape index (κ2) is 7.99. The smallest absolute Gasteiger partial charge is 0.573 e. The lowest BCUT2D eigenvalue weighted by Gasteiger charge is -2.08. The van der Waals surface area contributed by atoms with Crippen LogP contribution in [0, 0.1) is 0 Å². The summed E-state index contributed by atoms with van der Waals surface area (Å²) in [5.41, 5.74) is 8.28. The molecule has 0 radical (unpaired) electrons. The van der Waals surface area contributed by atoms with Gasteiger partial charge in [0.2, 0.25) is 0 Å². The van der Waals surface area contributed by atoms with Crippen LogP contribution >= 0.6 is 0 Å². The van der Waals surface area contributed by atoms with Crippen molar-refractivity contribution in [2.24, 2.45) is 0 Å². The fraction of sp³-hybridized carbons (Fsp3) is 0.0526. The standard InChI is InChI=1S/C19H14F3N5O2.ClH/c20-19(21,22)29-13-4-5-14-11(7-13)8-15(26-14)17(28)25-12-3-1-2-10(6-12)16-9-24-18(23)27-16;/h1-9,26H,(H,25,28)(H3,23,24,27);1H/p-1. The number of anilines is 2. The molecule has 0 saturated carbocycles. The monoisotopic (exact) mass is 436 g/mol. The Bertz CT molecular complexity index is 1200. The lowest BCUT2D eigenvalue weighted by Crippen LogP contribution is -3.00. The van der Waals surface area contributed by atoms with Gasteiger partial charge in [0.15, 0.2) is 5.95 Å². The molecule has 0 saturated heterocycles. The maximum absolute atomic E-state index is 12.6. The van der Waals surface area contributed by atoms with E-state index in [9.17, 15) is 18.0 Å². The number of nitrogens with two attached hydrogens (primary N) is 1. The highest BCUT2D eigenvalue weighted by atomic mass is 35.5. The fourth-order valence-corrected chi connectivity index (χ4v) is 2.88. The molecule has 0 spiro atoms. The van der Waals surface area contributed by atoms with E-state index in [1.807, 2.05) is 6.07 Å². The van der Waals surface area contributed by atoms with Gasteiger partial charge >= 0.3 is 6.36 Å². The number of halogens is 4. The first kappa shape index (κ1) is 21.1. The number of rotatable bonds is 4. The molecule has 2 heterocycles. The van der Waals surface area contributed by atoms with Crippen molar-refractivity contribution in [3.63, 3.8) is 0 Å². The molecule has 30 heavy (non-hydrogen) atoms. The maximum Gasteiger partial charge on any atom is 0.573 e. The zero-order chi connectivity index (χ0) is 20.6. The van der Waals surface area contributed by atoms with Gasteiger partial charge in [0.25, 0.3) is 5.91 Å². The molecule has 0 aliphatic carbocycles. The number of carbonyl (C=O) groups is 1. The Hall–Kier alpha value is -3.66. The van der Waals surface area contributed by atoms with Crippen molar-refractivity contribution in [1.82, 2.24) is 15.0 Å². The van der Waals surface area contributed by atoms with E-state index in [1.165, 1.54) is 24.3 Å². The molecule has 0 aliphatic rings. The van der Waals surface area contributed by atoms with Gasteiger partial charge in [-0.3, -0.25) is 4.79 Å². The van der Waals surface area contributed by atoms with Crippen LogP contribution in [-0.2, 0) is 0 Å². The zero-order valence-electron chi connectivity index (χ0n) is 15.0. The van der Waals surface area contributed by atoms with Crippen LogP contribution in [0.25, 0.3) is 22.2 Å². The first-order valence-electron chi connectivity index (χ1n) is 8.38. The summed E-state index contributed by atoms with van der Waals surface area (Å²) in [6.07, 6.45) is -3.21. The number of nitrogens with zero attached hydrogens (tertiary/aromatic N) is 1. The van der Waals surface area contributed by atoms with E-state index in [0.29, 0.717) is 22.3 Å². The largest absolute Gasteiger partial charge is 1.00 e. The highest BCUT2D eigenvalue weighted by Crippen LogP contribution is 2.27. The number of imidazole rings is 1. The predicted molar refractivity (Wildman–Crippen MR) is 101 cm³/mol. The van der Waals surface area contributed by atoms with Gasteiger partial charge in [0.05, 0.1) is 11.9 Å². The molecule has 0 fully saturated rings. The number of amides is 1. The molecule has 1 amide bonds. The van der Waals surface area contributed by atoms with Gasteiger partial charge in [-0.05, 0) is 36.4 Å². The van der Waals surface area contributed by atoms with Crippen LogP contribution in [-0.4, -0.2) is 27.2 Å². The summed E-state index contributed by atoms with van der Waals surface area (Å²) >= 11 is 0. The minimum absolute atomic E-state index is 0. The normalized spacial score (nSPS) is 11.2. The Morgan fingerprint density at radius 1 is 1.10 bits per heavy atom. The van der Waals surface area contributed by atoms with E-state index in [0.717, 1.165) is 5.56 Å².